The summed E-state index contributed by atoms with van der Waals surface area (Å²) in [5.74, 6) is -0.331. The van der Waals surface area contributed by atoms with Crippen molar-refractivity contribution in [2.45, 2.75) is 123 Å². The van der Waals surface area contributed by atoms with Crippen molar-refractivity contribution >= 4 is 11.9 Å². The van der Waals surface area contributed by atoms with E-state index in [1.54, 1.807) is 0 Å². The summed E-state index contributed by atoms with van der Waals surface area (Å²) in [6.45, 7) is 7.07. The molecule has 0 bridgehead atoms. The van der Waals surface area contributed by atoms with Crippen molar-refractivity contribution in [3.63, 3.8) is 0 Å². The molecular weight excluding hydrogens is 316 g/mol. The Morgan fingerprint density at radius 2 is 1.12 bits per heavy atom. The van der Waals surface area contributed by atoms with Crippen LogP contribution in [0.2, 0.25) is 0 Å². The molecule has 4 nitrogen and oxygen atoms in total. The molecule has 0 aromatic rings. The molecular formula is C21H40O4. The molecule has 0 radical (unpaired) electrons. The molecule has 0 fully saturated rings. The Bertz CT molecular complexity index is 341. The molecule has 0 rings (SSSR count). The van der Waals surface area contributed by atoms with Crippen LogP contribution in [0.3, 0.4) is 0 Å². The van der Waals surface area contributed by atoms with Crippen molar-refractivity contribution in [1.29, 1.82) is 0 Å². The smallest absolute Gasteiger partial charge is 0.302 e. The zero-order valence-corrected chi connectivity index (χ0v) is 17.0. The number of carbonyl (C=O) groups is 2. The van der Waals surface area contributed by atoms with E-state index in [1.807, 2.05) is 6.92 Å². The van der Waals surface area contributed by atoms with Crippen molar-refractivity contribution < 1.29 is 19.1 Å². The van der Waals surface area contributed by atoms with Gasteiger partial charge in [-0.1, -0.05) is 58.3 Å². The highest BCUT2D eigenvalue weighted by molar-refractivity contribution is 5.66. The van der Waals surface area contributed by atoms with E-state index in [9.17, 15) is 9.59 Å². The summed E-state index contributed by atoms with van der Waals surface area (Å²) in [7, 11) is 0. The van der Waals surface area contributed by atoms with Gasteiger partial charge in [0, 0.05) is 13.8 Å². The molecule has 0 aliphatic heterocycles. The zero-order valence-electron chi connectivity index (χ0n) is 17.0. The van der Waals surface area contributed by atoms with E-state index in [0.717, 1.165) is 38.5 Å². The first-order chi connectivity index (χ1) is 12.0. The van der Waals surface area contributed by atoms with Gasteiger partial charge in [-0.15, -0.1) is 0 Å². The molecule has 0 N–H and O–H groups in total. The molecule has 0 amide bonds. The minimum absolute atomic E-state index is 0.0565. The zero-order chi connectivity index (χ0) is 18.9. The van der Waals surface area contributed by atoms with Crippen LogP contribution in [0.25, 0.3) is 0 Å². The summed E-state index contributed by atoms with van der Waals surface area (Å²) in [4.78, 5) is 21.9. The highest BCUT2D eigenvalue weighted by Gasteiger charge is 2.10. The van der Waals surface area contributed by atoms with Crippen LogP contribution in [0, 0.1) is 0 Å². The van der Waals surface area contributed by atoms with Crippen molar-refractivity contribution in [2.24, 2.45) is 0 Å². The molecule has 0 heterocycles. The molecule has 25 heavy (non-hydrogen) atoms. The lowest BCUT2D eigenvalue weighted by molar-refractivity contribution is -0.147. The first-order valence-corrected chi connectivity index (χ1v) is 10.3. The van der Waals surface area contributed by atoms with E-state index in [1.165, 1.54) is 58.8 Å². The van der Waals surface area contributed by atoms with Crippen LogP contribution in [-0.4, -0.2) is 24.1 Å². The van der Waals surface area contributed by atoms with Crippen molar-refractivity contribution in [3.05, 3.63) is 0 Å². The highest BCUT2D eigenvalue weighted by atomic mass is 16.5. The third-order valence-corrected chi connectivity index (χ3v) is 4.45. The average molecular weight is 357 g/mol. The average Bonchev–Trinajstić information content (AvgIpc) is 2.51. The van der Waals surface area contributed by atoms with Gasteiger partial charge in [-0.2, -0.15) is 0 Å². The van der Waals surface area contributed by atoms with Gasteiger partial charge in [-0.25, -0.2) is 0 Å². The Hall–Kier alpha value is -1.06. The predicted molar refractivity (Wildman–Crippen MR) is 102 cm³/mol. The van der Waals surface area contributed by atoms with Crippen LogP contribution in [0.4, 0.5) is 0 Å². The Balaban J connectivity index is 3.38. The Morgan fingerprint density at radius 3 is 1.56 bits per heavy atom. The fourth-order valence-electron chi connectivity index (χ4n) is 3.20. The van der Waals surface area contributed by atoms with Gasteiger partial charge in [-0.05, 0) is 39.0 Å². The van der Waals surface area contributed by atoms with E-state index in [2.05, 4.69) is 6.92 Å². The Kier molecular flexibility index (Phi) is 15.7. The standard InChI is InChI=1S/C21H40O4/c1-5-15-21(25-20(4)23)17-14-12-10-8-6-7-9-11-13-16-18(2)24-19(3)22/h18,21H,5-17H2,1-4H3/t18-,21-/m1/s1. The summed E-state index contributed by atoms with van der Waals surface area (Å²) >= 11 is 0. The monoisotopic (exact) mass is 356 g/mol. The van der Waals surface area contributed by atoms with Gasteiger partial charge in [0.15, 0.2) is 0 Å². The normalized spacial score (nSPS) is 13.3. The molecule has 148 valence electrons. The topological polar surface area (TPSA) is 52.6 Å². The fraction of sp³-hybridized carbons (Fsp3) is 0.905. The SMILES string of the molecule is CCC[C@H](CCCCCCCCCCC[C@@H](C)OC(C)=O)OC(C)=O. The van der Waals surface area contributed by atoms with Gasteiger partial charge >= 0.3 is 11.9 Å². The van der Waals surface area contributed by atoms with Gasteiger partial charge in [0.25, 0.3) is 0 Å². The predicted octanol–water partition coefficient (Wildman–Crippen LogP) is 5.96. The molecule has 0 aliphatic carbocycles. The van der Waals surface area contributed by atoms with Gasteiger partial charge in [0.05, 0.1) is 6.10 Å². The van der Waals surface area contributed by atoms with E-state index >= 15 is 0 Å². The summed E-state index contributed by atoms with van der Waals surface area (Å²) in [5.41, 5.74) is 0. The van der Waals surface area contributed by atoms with Gasteiger partial charge < -0.3 is 9.47 Å². The second kappa shape index (κ2) is 16.4. The van der Waals surface area contributed by atoms with E-state index in [-0.39, 0.29) is 24.1 Å². The van der Waals surface area contributed by atoms with Crippen LogP contribution in [-0.2, 0) is 19.1 Å². The van der Waals surface area contributed by atoms with Gasteiger partial charge in [0.1, 0.15) is 6.10 Å². The number of hydrogen-bond donors (Lipinski definition) is 0. The van der Waals surface area contributed by atoms with Crippen molar-refractivity contribution in [3.8, 4) is 0 Å². The largest absolute Gasteiger partial charge is 0.463 e. The van der Waals surface area contributed by atoms with Crippen molar-refractivity contribution in [1.82, 2.24) is 0 Å². The molecule has 0 aliphatic rings. The molecule has 0 saturated carbocycles. The minimum atomic E-state index is -0.179. The van der Waals surface area contributed by atoms with Crippen LogP contribution >= 0.6 is 0 Å². The lowest BCUT2D eigenvalue weighted by Crippen LogP contribution is -2.15. The second-order valence-electron chi connectivity index (χ2n) is 7.20. The van der Waals surface area contributed by atoms with Crippen LogP contribution in [0.5, 0.6) is 0 Å². The van der Waals surface area contributed by atoms with E-state index < -0.39 is 0 Å². The van der Waals surface area contributed by atoms with Crippen LogP contribution in [0.1, 0.15) is 111 Å². The van der Waals surface area contributed by atoms with Gasteiger partial charge in [0.2, 0.25) is 0 Å². The first kappa shape index (κ1) is 23.9. The molecule has 0 saturated heterocycles. The van der Waals surface area contributed by atoms with Gasteiger partial charge in [-0.3, -0.25) is 9.59 Å². The summed E-state index contributed by atoms with van der Waals surface area (Å²) in [6, 6.07) is 0. The highest BCUT2D eigenvalue weighted by Crippen LogP contribution is 2.15. The maximum Gasteiger partial charge on any atom is 0.302 e. The van der Waals surface area contributed by atoms with E-state index in [0.29, 0.717) is 0 Å². The minimum Gasteiger partial charge on any atom is -0.463 e. The summed E-state index contributed by atoms with van der Waals surface area (Å²) in [5, 5.41) is 0. The third-order valence-electron chi connectivity index (χ3n) is 4.45. The number of hydrogen-bond acceptors (Lipinski definition) is 4. The third kappa shape index (κ3) is 17.6. The first-order valence-electron chi connectivity index (χ1n) is 10.3. The number of unbranched alkanes of at least 4 members (excludes halogenated alkanes) is 8. The second-order valence-corrected chi connectivity index (χ2v) is 7.20. The Labute approximate surface area is 155 Å². The molecule has 0 spiro atoms. The van der Waals surface area contributed by atoms with Crippen molar-refractivity contribution in [2.75, 3.05) is 0 Å². The lowest BCUT2D eigenvalue weighted by atomic mass is 10.0. The van der Waals surface area contributed by atoms with Crippen LogP contribution < -0.4 is 0 Å². The molecule has 2 atom stereocenters. The summed E-state index contributed by atoms with van der Waals surface area (Å²) < 4.78 is 10.5. The number of carbonyl (C=O) groups excluding carboxylic acids is 2. The molecule has 4 heteroatoms. The quantitative estimate of drug-likeness (QED) is 0.253. The maximum atomic E-state index is 11.1. The Morgan fingerprint density at radius 1 is 0.680 bits per heavy atom. The maximum absolute atomic E-state index is 11.1. The number of rotatable bonds is 16. The molecule has 0 aromatic heterocycles. The fourth-order valence-corrected chi connectivity index (χ4v) is 3.20. The summed E-state index contributed by atoms with van der Waals surface area (Å²) in [6.07, 6.45) is 15.4. The number of esters is 2. The molecule has 0 unspecified atom stereocenters. The van der Waals surface area contributed by atoms with E-state index in [4.69, 9.17) is 9.47 Å². The number of ether oxygens (including phenoxy) is 2. The lowest BCUT2D eigenvalue weighted by Gasteiger charge is -2.15. The molecule has 0 aromatic carbocycles. The van der Waals surface area contributed by atoms with Crippen LogP contribution in [0.15, 0.2) is 0 Å².